The molecule has 2 unspecified atom stereocenters. The first kappa shape index (κ1) is 20.8. The third kappa shape index (κ3) is 4.20. The van der Waals surface area contributed by atoms with Crippen molar-refractivity contribution in [3.63, 3.8) is 0 Å². The maximum Gasteiger partial charge on any atom is 0.225 e. The van der Waals surface area contributed by atoms with E-state index >= 15 is 0 Å². The lowest BCUT2D eigenvalue weighted by atomic mass is 10.0. The van der Waals surface area contributed by atoms with Gasteiger partial charge in [-0.05, 0) is 37.2 Å². The van der Waals surface area contributed by atoms with Crippen LogP contribution >= 0.6 is 23.4 Å². The number of carbonyl (C=O) groups is 1. The average molecular weight is 455 g/mol. The Kier molecular flexibility index (Phi) is 5.47. The SMILES string of the molecule is CN(C)C(=O)C1CC1c1ccc(-c2nc(C3CC3)n(C)c2SC2=NC=C(Cl)CC2)cc1. The molecule has 162 valence electrons. The van der Waals surface area contributed by atoms with E-state index in [0.717, 1.165) is 45.6 Å². The molecule has 1 aliphatic heterocycles. The van der Waals surface area contributed by atoms with Gasteiger partial charge in [-0.1, -0.05) is 47.6 Å². The van der Waals surface area contributed by atoms with E-state index in [0.29, 0.717) is 11.8 Å². The number of rotatable bonds is 5. The third-order valence-electron chi connectivity index (χ3n) is 6.32. The maximum absolute atomic E-state index is 12.2. The number of thioether (sulfide) groups is 1. The van der Waals surface area contributed by atoms with Crippen LogP contribution in [-0.4, -0.2) is 39.5 Å². The van der Waals surface area contributed by atoms with Crippen molar-refractivity contribution in [1.82, 2.24) is 14.5 Å². The standard InChI is InChI=1S/C24H27ClN4OS/c1-28(2)23(30)19-12-18(19)14-4-6-15(7-5-14)21-24(29(3)22(27-21)16-8-9-16)31-20-11-10-17(25)13-26-20/h4-7,13,16,18-19H,8-12H2,1-3H3. The van der Waals surface area contributed by atoms with Crippen LogP contribution in [0.4, 0.5) is 0 Å². The van der Waals surface area contributed by atoms with Gasteiger partial charge in [0.25, 0.3) is 0 Å². The summed E-state index contributed by atoms with van der Waals surface area (Å²) in [5.41, 5.74) is 3.39. The zero-order chi connectivity index (χ0) is 21.7. The summed E-state index contributed by atoms with van der Waals surface area (Å²) in [5, 5.41) is 3.04. The average Bonchev–Trinajstić information content (AvgIpc) is 3.68. The molecule has 0 radical (unpaired) electrons. The summed E-state index contributed by atoms with van der Waals surface area (Å²) in [7, 11) is 5.78. The van der Waals surface area contributed by atoms with Gasteiger partial charge in [-0.25, -0.2) is 4.98 Å². The van der Waals surface area contributed by atoms with Crippen LogP contribution in [0.1, 0.15) is 55.3 Å². The summed E-state index contributed by atoms with van der Waals surface area (Å²) < 4.78 is 2.25. The molecule has 2 atom stereocenters. The zero-order valence-corrected chi connectivity index (χ0v) is 19.7. The van der Waals surface area contributed by atoms with E-state index in [1.54, 1.807) is 22.9 Å². The van der Waals surface area contributed by atoms with Gasteiger partial charge in [-0.15, -0.1) is 0 Å². The molecule has 7 heteroatoms. The number of hydrogen-bond donors (Lipinski definition) is 0. The second-order valence-corrected chi connectivity index (χ2v) is 10.5. The summed E-state index contributed by atoms with van der Waals surface area (Å²) in [4.78, 5) is 23.5. The van der Waals surface area contributed by atoms with Crippen molar-refractivity contribution < 1.29 is 4.79 Å². The van der Waals surface area contributed by atoms with Crippen molar-refractivity contribution in [3.05, 3.63) is 46.9 Å². The van der Waals surface area contributed by atoms with Crippen LogP contribution in [0.5, 0.6) is 0 Å². The van der Waals surface area contributed by atoms with Gasteiger partial charge in [-0.3, -0.25) is 9.79 Å². The molecule has 1 aromatic carbocycles. The Hall–Kier alpha value is -2.05. The molecule has 1 aromatic heterocycles. The Morgan fingerprint density at radius 3 is 2.55 bits per heavy atom. The third-order valence-corrected chi connectivity index (χ3v) is 7.81. The van der Waals surface area contributed by atoms with Crippen molar-refractivity contribution in [2.24, 2.45) is 18.0 Å². The van der Waals surface area contributed by atoms with Crippen LogP contribution in [0.2, 0.25) is 0 Å². The van der Waals surface area contributed by atoms with Gasteiger partial charge in [0.2, 0.25) is 5.91 Å². The Morgan fingerprint density at radius 2 is 1.94 bits per heavy atom. The van der Waals surface area contributed by atoms with Crippen molar-refractivity contribution in [2.75, 3.05) is 14.1 Å². The van der Waals surface area contributed by atoms with Crippen LogP contribution in [0.25, 0.3) is 11.3 Å². The first-order valence-corrected chi connectivity index (χ1v) is 12.1. The summed E-state index contributed by atoms with van der Waals surface area (Å²) >= 11 is 7.80. The van der Waals surface area contributed by atoms with E-state index in [1.807, 2.05) is 14.1 Å². The number of nitrogens with zero attached hydrogens (tertiary/aromatic N) is 4. The van der Waals surface area contributed by atoms with E-state index in [1.165, 1.54) is 24.2 Å². The highest BCUT2D eigenvalue weighted by Gasteiger charge is 2.44. The highest BCUT2D eigenvalue weighted by atomic mass is 35.5. The van der Waals surface area contributed by atoms with Crippen molar-refractivity contribution in [2.45, 2.75) is 49.0 Å². The van der Waals surface area contributed by atoms with E-state index in [4.69, 9.17) is 16.6 Å². The lowest BCUT2D eigenvalue weighted by Gasteiger charge is -2.12. The predicted octanol–water partition coefficient (Wildman–Crippen LogP) is 5.52. The van der Waals surface area contributed by atoms with Gasteiger partial charge in [0.15, 0.2) is 0 Å². The van der Waals surface area contributed by atoms with Gasteiger partial charge in [0, 0.05) is 56.2 Å². The largest absolute Gasteiger partial charge is 0.349 e. The molecule has 2 aromatic rings. The van der Waals surface area contributed by atoms with Crippen LogP contribution in [0.3, 0.4) is 0 Å². The number of carbonyl (C=O) groups excluding carboxylic acids is 1. The molecular weight excluding hydrogens is 428 g/mol. The number of allylic oxidation sites excluding steroid dienone is 1. The summed E-state index contributed by atoms with van der Waals surface area (Å²) in [6.45, 7) is 0. The van der Waals surface area contributed by atoms with Crippen molar-refractivity contribution in [1.29, 1.82) is 0 Å². The Bertz CT molecular complexity index is 1080. The Morgan fingerprint density at radius 1 is 1.19 bits per heavy atom. The fraction of sp³-hybridized carbons (Fsp3) is 0.458. The van der Waals surface area contributed by atoms with Crippen LogP contribution in [-0.2, 0) is 11.8 Å². The fourth-order valence-electron chi connectivity index (χ4n) is 4.25. The summed E-state index contributed by atoms with van der Waals surface area (Å²) in [6, 6.07) is 8.66. The van der Waals surface area contributed by atoms with E-state index in [-0.39, 0.29) is 11.8 Å². The molecule has 5 rings (SSSR count). The molecule has 0 saturated heterocycles. The molecule has 1 amide bonds. The molecule has 2 saturated carbocycles. The lowest BCUT2D eigenvalue weighted by molar-refractivity contribution is -0.130. The minimum absolute atomic E-state index is 0.132. The lowest BCUT2D eigenvalue weighted by Crippen LogP contribution is -2.23. The summed E-state index contributed by atoms with van der Waals surface area (Å²) in [5.74, 6) is 2.45. The molecule has 2 heterocycles. The number of hydrogen-bond acceptors (Lipinski definition) is 4. The van der Waals surface area contributed by atoms with Gasteiger partial charge in [-0.2, -0.15) is 0 Å². The second kappa shape index (κ2) is 8.14. The molecule has 2 aliphatic carbocycles. The predicted molar refractivity (Wildman–Crippen MR) is 127 cm³/mol. The van der Waals surface area contributed by atoms with E-state index < -0.39 is 0 Å². The molecular formula is C24H27ClN4OS. The topological polar surface area (TPSA) is 50.5 Å². The van der Waals surface area contributed by atoms with Gasteiger partial charge in [0.05, 0.1) is 5.04 Å². The maximum atomic E-state index is 12.2. The highest BCUT2D eigenvalue weighted by Crippen LogP contribution is 2.49. The number of benzene rings is 1. The van der Waals surface area contributed by atoms with Gasteiger partial charge < -0.3 is 9.47 Å². The zero-order valence-electron chi connectivity index (χ0n) is 18.1. The Balaban J connectivity index is 1.42. The Labute approximate surface area is 192 Å². The van der Waals surface area contributed by atoms with Crippen molar-refractivity contribution in [3.8, 4) is 11.3 Å². The highest BCUT2D eigenvalue weighted by molar-refractivity contribution is 8.14. The number of aliphatic imine (C=N–C) groups is 1. The van der Waals surface area contributed by atoms with Crippen LogP contribution in [0, 0.1) is 5.92 Å². The molecule has 0 bridgehead atoms. The smallest absolute Gasteiger partial charge is 0.225 e. The second-order valence-electron chi connectivity index (χ2n) is 8.96. The van der Waals surface area contributed by atoms with Crippen molar-refractivity contribution >= 4 is 34.3 Å². The number of halogens is 1. The number of aromatic nitrogens is 2. The van der Waals surface area contributed by atoms with Crippen LogP contribution < -0.4 is 0 Å². The normalized spacial score (nSPS) is 22.7. The van der Waals surface area contributed by atoms with Gasteiger partial charge in [0.1, 0.15) is 16.5 Å². The molecule has 3 aliphatic rings. The monoisotopic (exact) mass is 454 g/mol. The first-order chi connectivity index (χ1) is 14.9. The molecule has 0 N–H and O–H groups in total. The van der Waals surface area contributed by atoms with Gasteiger partial charge >= 0.3 is 0 Å². The molecule has 2 fully saturated rings. The molecule has 5 nitrogen and oxygen atoms in total. The molecule has 0 spiro atoms. The van der Waals surface area contributed by atoms with E-state index in [9.17, 15) is 4.79 Å². The van der Waals surface area contributed by atoms with Crippen LogP contribution in [0.15, 0.2) is 45.5 Å². The minimum atomic E-state index is 0.132. The number of imidazole rings is 1. The molecule has 31 heavy (non-hydrogen) atoms. The first-order valence-electron chi connectivity index (χ1n) is 10.9. The number of amides is 1. The summed E-state index contributed by atoms with van der Waals surface area (Å²) in [6.07, 6.45) is 6.86. The quantitative estimate of drug-likeness (QED) is 0.597. The minimum Gasteiger partial charge on any atom is -0.349 e. The fourth-order valence-corrected chi connectivity index (χ4v) is 5.42. The van der Waals surface area contributed by atoms with E-state index in [2.05, 4.69) is 40.9 Å².